The second-order valence-corrected chi connectivity index (χ2v) is 6.41. The minimum Gasteiger partial charge on any atom is -0.493 e. The van der Waals surface area contributed by atoms with Crippen LogP contribution in [0.1, 0.15) is 35.6 Å². The Bertz CT molecular complexity index is 844. The van der Waals surface area contributed by atoms with Gasteiger partial charge in [0.2, 0.25) is 11.7 Å². The Labute approximate surface area is 159 Å². The summed E-state index contributed by atoms with van der Waals surface area (Å²) in [5.41, 5.74) is 3.28. The molecule has 0 radical (unpaired) electrons. The Morgan fingerprint density at radius 3 is 2.56 bits per heavy atom. The van der Waals surface area contributed by atoms with E-state index in [1.165, 1.54) is 17.2 Å². The van der Waals surface area contributed by atoms with Crippen molar-refractivity contribution in [3.8, 4) is 17.2 Å². The summed E-state index contributed by atoms with van der Waals surface area (Å²) in [6.07, 6.45) is 6.36. The Morgan fingerprint density at radius 2 is 1.81 bits per heavy atom. The number of carbonyl (C=O) groups excluding carboxylic acids is 1. The first-order valence-corrected chi connectivity index (χ1v) is 9.03. The molecule has 1 N–H and O–H groups in total. The van der Waals surface area contributed by atoms with Gasteiger partial charge in [0, 0.05) is 11.6 Å². The number of hydrogen-bond donors (Lipinski definition) is 1. The van der Waals surface area contributed by atoms with Gasteiger partial charge < -0.3 is 19.5 Å². The predicted octanol–water partition coefficient (Wildman–Crippen LogP) is 3.92. The lowest BCUT2D eigenvalue weighted by Gasteiger charge is -2.25. The number of ether oxygens (including phenoxy) is 3. The summed E-state index contributed by atoms with van der Waals surface area (Å²) in [4.78, 5) is 12.5. The molecule has 5 nitrogen and oxygen atoms in total. The van der Waals surface area contributed by atoms with Crippen molar-refractivity contribution in [3.63, 3.8) is 0 Å². The van der Waals surface area contributed by atoms with E-state index in [9.17, 15) is 4.79 Å². The highest BCUT2D eigenvalue weighted by molar-refractivity contribution is 5.92. The molecular weight excluding hydrogens is 342 g/mol. The number of aryl methyl sites for hydroxylation is 1. The Morgan fingerprint density at radius 1 is 1.04 bits per heavy atom. The first kappa shape index (κ1) is 18.8. The van der Waals surface area contributed by atoms with Crippen LogP contribution in [0.15, 0.2) is 42.5 Å². The van der Waals surface area contributed by atoms with Crippen molar-refractivity contribution in [2.45, 2.75) is 25.3 Å². The fourth-order valence-corrected chi connectivity index (χ4v) is 3.54. The number of rotatable bonds is 6. The second-order valence-electron chi connectivity index (χ2n) is 6.41. The molecule has 0 saturated heterocycles. The fourth-order valence-electron chi connectivity index (χ4n) is 3.54. The molecule has 1 amide bonds. The van der Waals surface area contributed by atoms with E-state index in [-0.39, 0.29) is 11.9 Å². The second kappa shape index (κ2) is 8.62. The molecule has 0 fully saturated rings. The van der Waals surface area contributed by atoms with Gasteiger partial charge in [-0.3, -0.25) is 4.79 Å². The van der Waals surface area contributed by atoms with E-state index < -0.39 is 0 Å². The summed E-state index contributed by atoms with van der Waals surface area (Å²) >= 11 is 0. The Balaban J connectivity index is 1.76. The van der Waals surface area contributed by atoms with Crippen molar-refractivity contribution in [1.82, 2.24) is 5.32 Å². The highest BCUT2D eigenvalue weighted by Crippen LogP contribution is 2.40. The zero-order valence-electron chi connectivity index (χ0n) is 16.0. The van der Waals surface area contributed by atoms with Crippen LogP contribution in [0.5, 0.6) is 17.2 Å². The number of hydrogen-bond acceptors (Lipinski definition) is 4. The van der Waals surface area contributed by atoms with Crippen molar-refractivity contribution in [3.05, 3.63) is 59.2 Å². The lowest BCUT2D eigenvalue weighted by atomic mass is 9.88. The van der Waals surface area contributed by atoms with Crippen LogP contribution in [0.3, 0.4) is 0 Å². The van der Waals surface area contributed by atoms with E-state index in [2.05, 4.69) is 17.4 Å². The number of amides is 1. The molecule has 0 heterocycles. The van der Waals surface area contributed by atoms with Crippen LogP contribution in [-0.2, 0) is 11.2 Å². The molecular formula is C22H25NO4. The summed E-state index contributed by atoms with van der Waals surface area (Å²) in [6.45, 7) is 0. The number of carbonyl (C=O) groups is 1. The van der Waals surface area contributed by atoms with E-state index >= 15 is 0 Å². The zero-order chi connectivity index (χ0) is 19.2. The van der Waals surface area contributed by atoms with Crippen LogP contribution in [0.2, 0.25) is 0 Å². The van der Waals surface area contributed by atoms with Crippen LogP contribution in [0.4, 0.5) is 0 Å². The summed E-state index contributed by atoms with van der Waals surface area (Å²) < 4.78 is 16.1. The van der Waals surface area contributed by atoms with Crippen molar-refractivity contribution in [2.24, 2.45) is 0 Å². The summed E-state index contributed by atoms with van der Waals surface area (Å²) in [5.74, 6) is 1.48. The minimum atomic E-state index is -0.131. The van der Waals surface area contributed by atoms with Crippen LogP contribution in [0, 0.1) is 0 Å². The Hall–Kier alpha value is -2.95. The number of nitrogens with one attached hydrogen (secondary N) is 1. The average molecular weight is 367 g/mol. The lowest BCUT2D eigenvalue weighted by Crippen LogP contribution is -2.29. The molecule has 0 bridgehead atoms. The van der Waals surface area contributed by atoms with Gasteiger partial charge in [-0.15, -0.1) is 0 Å². The maximum Gasteiger partial charge on any atom is 0.244 e. The molecule has 27 heavy (non-hydrogen) atoms. The van der Waals surface area contributed by atoms with Gasteiger partial charge in [-0.1, -0.05) is 24.3 Å². The molecule has 0 spiro atoms. The molecule has 0 saturated carbocycles. The monoisotopic (exact) mass is 367 g/mol. The maximum absolute atomic E-state index is 12.5. The van der Waals surface area contributed by atoms with Gasteiger partial charge in [-0.25, -0.2) is 0 Å². The van der Waals surface area contributed by atoms with E-state index in [0.717, 1.165) is 24.8 Å². The molecule has 3 rings (SSSR count). The van der Waals surface area contributed by atoms with Crippen molar-refractivity contribution in [1.29, 1.82) is 0 Å². The topological polar surface area (TPSA) is 56.8 Å². The van der Waals surface area contributed by atoms with E-state index in [1.807, 2.05) is 18.2 Å². The first-order valence-electron chi connectivity index (χ1n) is 9.03. The highest BCUT2D eigenvalue weighted by Gasteiger charge is 2.20. The SMILES string of the molecule is COc1ccc(C=CC(=O)NC2CCCc3ccccc32)c(OC)c1OC. The highest BCUT2D eigenvalue weighted by atomic mass is 16.5. The molecule has 1 atom stereocenters. The first-order chi connectivity index (χ1) is 13.2. The predicted molar refractivity (Wildman–Crippen MR) is 105 cm³/mol. The molecule has 142 valence electrons. The van der Waals surface area contributed by atoms with Crippen LogP contribution in [0.25, 0.3) is 6.08 Å². The van der Waals surface area contributed by atoms with Gasteiger partial charge in [-0.2, -0.15) is 0 Å². The van der Waals surface area contributed by atoms with Gasteiger partial charge >= 0.3 is 0 Å². The van der Waals surface area contributed by atoms with Gasteiger partial charge in [-0.05, 0) is 48.6 Å². The largest absolute Gasteiger partial charge is 0.493 e. The molecule has 1 aliphatic rings. The van der Waals surface area contributed by atoms with Crippen molar-refractivity contribution in [2.75, 3.05) is 21.3 Å². The summed E-state index contributed by atoms with van der Waals surface area (Å²) in [5, 5.41) is 3.11. The standard InChI is InChI=1S/C22H25NO4/c1-25-19-13-11-16(21(26-2)22(19)27-3)12-14-20(24)23-18-10-6-8-15-7-4-5-9-17(15)18/h4-5,7,9,11-14,18H,6,8,10H2,1-3H3,(H,23,24). The van der Waals surface area contributed by atoms with E-state index in [4.69, 9.17) is 14.2 Å². The molecule has 0 aromatic heterocycles. The number of fused-ring (bicyclic) bond motifs is 1. The average Bonchev–Trinajstić information content (AvgIpc) is 2.71. The molecule has 5 heteroatoms. The van der Waals surface area contributed by atoms with E-state index in [1.54, 1.807) is 33.5 Å². The maximum atomic E-state index is 12.5. The van der Waals surface area contributed by atoms with Crippen LogP contribution < -0.4 is 19.5 Å². The fraction of sp³-hybridized carbons (Fsp3) is 0.318. The Kier molecular flexibility index (Phi) is 6.01. The third kappa shape index (κ3) is 4.08. The van der Waals surface area contributed by atoms with Gasteiger partial charge in [0.25, 0.3) is 0 Å². The van der Waals surface area contributed by atoms with Crippen LogP contribution in [-0.4, -0.2) is 27.2 Å². The van der Waals surface area contributed by atoms with Crippen LogP contribution >= 0.6 is 0 Å². The molecule has 1 unspecified atom stereocenters. The van der Waals surface area contributed by atoms with Crippen molar-refractivity contribution < 1.29 is 19.0 Å². The molecule has 2 aromatic carbocycles. The lowest BCUT2D eigenvalue weighted by molar-refractivity contribution is -0.117. The van der Waals surface area contributed by atoms with E-state index in [0.29, 0.717) is 17.2 Å². The minimum absolute atomic E-state index is 0.0550. The smallest absolute Gasteiger partial charge is 0.244 e. The van der Waals surface area contributed by atoms with Gasteiger partial charge in [0.1, 0.15) is 0 Å². The van der Waals surface area contributed by atoms with Gasteiger partial charge in [0.15, 0.2) is 11.5 Å². The molecule has 0 aliphatic heterocycles. The molecule has 1 aliphatic carbocycles. The number of benzene rings is 2. The summed E-state index contributed by atoms with van der Waals surface area (Å²) in [6, 6.07) is 12.0. The quantitative estimate of drug-likeness (QED) is 0.786. The third-order valence-corrected chi connectivity index (χ3v) is 4.83. The number of methoxy groups -OCH3 is 3. The zero-order valence-corrected chi connectivity index (χ0v) is 16.0. The molecule has 2 aromatic rings. The summed E-state index contributed by atoms with van der Waals surface area (Å²) in [7, 11) is 4.69. The third-order valence-electron chi connectivity index (χ3n) is 4.83. The van der Waals surface area contributed by atoms with Crippen molar-refractivity contribution >= 4 is 12.0 Å². The normalized spacial score (nSPS) is 15.9. The van der Waals surface area contributed by atoms with Gasteiger partial charge in [0.05, 0.1) is 27.4 Å².